The molecule has 2 N–H and O–H groups in total. The number of ether oxygens (including phenoxy) is 2. The van der Waals surface area contributed by atoms with E-state index in [1.165, 1.54) is 0 Å². The zero-order chi connectivity index (χ0) is 15.6. The summed E-state index contributed by atoms with van der Waals surface area (Å²) in [7, 11) is 3.28. The minimum atomic E-state index is -0.0943. The number of hydrogen-bond acceptors (Lipinski definition) is 4. The Balaban J connectivity index is 2.20. The van der Waals surface area contributed by atoms with Crippen LogP contribution >= 0.6 is 0 Å². The third-order valence-electron chi connectivity index (χ3n) is 4.11. The van der Waals surface area contributed by atoms with Gasteiger partial charge in [0.15, 0.2) is 0 Å². The van der Waals surface area contributed by atoms with E-state index in [9.17, 15) is 4.79 Å². The van der Waals surface area contributed by atoms with Crippen molar-refractivity contribution in [2.75, 3.05) is 27.3 Å². The summed E-state index contributed by atoms with van der Waals surface area (Å²) in [6.45, 7) is 5.12. The number of rotatable bonds is 3. The minimum absolute atomic E-state index is 0.00149. The largest absolute Gasteiger partial charge is 0.496 e. The maximum atomic E-state index is 12.7. The summed E-state index contributed by atoms with van der Waals surface area (Å²) in [5.41, 5.74) is 8.63. The van der Waals surface area contributed by atoms with Gasteiger partial charge in [-0.15, -0.1) is 0 Å². The molecule has 116 valence electrons. The van der Waals surface area contributed by atoms with Crippen molar-refractivity contribution < 1.29 is 14.3 Å². The Morgan fingerprint density at radius 1 is 1.29 bits per heavy atom. The highest BCUT2D eigenvalue weighted by molar-refractivity contribution is 5.95. The lowest BCUT2D eigenvalue weighted by Gasteiger charge is -2.36. The van der Waals surface area contributed by atoms with E-state index in [0.717, 1.165) is 23.3 Å². The van der Waals surface area contributed by atoms with Gasteiger partial charge in [0.25, 0.3) is 5.91 Å². The second-order valence-electron chi connectivity index (χ2n) is 5.62. The molecular weight excluding hydrogens is 268 g/mol. The first kappa shape index (κ1) is 15.8. The van der Waals surface area contributed by atoms with Gasteiger partial charge in [-0.2, -0.15) is 0 Å². The first-order valence-corrected chi connectivity index (χ1v) is 7.20. The zero-order valence-electron chi connectivity index (χ0n) is 13.2. The third kappa shape index (κ3) is 3.19. The van der Waals surface area contributed by atoms with Gasteiger partial charge in [-0.1, -0.05) is 0 Å². The topological polar surface area (TPSA) is 64.8 Å². The van der Waals surface area contributed by atoms with E-state index in [1.807, 2.05) is 30.9 Å². The standard InChI is InChI=1S/C16H24N2O3/c1-10-7-12(8-11(2)15(10)21-4)16(19)18-6-5-13(17)14(9-18)20-3/h7-8,13-14H,5-6,9,17H2,1-4H3/t13-,14+/m1/s1. The summed E-state index contributed by atoms with van der Waals surface area (Å²) in [6, 6.07) is 3.76. The molecule has 1 aliphatic heterocycles. The maximum Gasteiger partial charge on any atom is 0.253 e. The molecule has 0 bridgehead atoms. The molecule has 0 spiro atoms. The average Bonchev–Trinajstić information content (AvgIpc) is 2.46. The Bertz CT molecular complexity index is 507. The number of piperidine rings is 1. The molecule has 0 radical (unpaired) electrons. The van der Waals surface area contributed by atoms with E-state index in [1.54, 1.807) is 14.2 Å². The average molecular weight is 292 g/mol. The Morgan fingerprint density at radius 3 is 2.43 bits per heavy atom. The monoisotopic (exact) mass is 292 g/mol. The molecule has 1 aromatic rings. The molecule has 5 nitrogen and oxygen atoms in total. The van der Waals surface area contributed by atoms with Gasteiger partial charge in [-0.3, -0.25) is 4.79 Å². The number of aryl methyl sites for hydroxylation is 2. The second kappa shape index (κ2) is 6.45. The van der Waals surface area contributed by atoms with E-state index in [4.69, 9.17) is 15.2 Å². The van der Waals surface area contributed by atoms with Crippen LogP contribution in [0.4, 0.5) is 0 Å². The normalized spacial score (nSPS) is 22.2. The van der Waals surface area contributed by atoms with Crippen LogP contribution in [0, 0.1) is 13.8 Å². The van der Waals surface area contributed by atoms with Crippen LogP contribution < -0.4 is 10.5 Å². The van der Waals surface area contributed by atoms with Gasteiger partial charge >= 0.3 is 0 Å². The predicted molar refractivity (Wildman–Crippen MR) is 81.8 cm³/mol. The maximum absolute atomic E-state index is 12.7. The summed E-state index contributed by atoms with van der Waals surface area (Å²) in [4.78, 5) is 14.5. The first-order valence-electron chi connectivity index (χ1n) is 7.20. The molecule has 1 amide bonds. The Kier molecular flexibility index (Phi) is 4.85. The van der Waals surface area contributed by atoms with Crippen LogP contribution in [-0.4, -0.2) is 50.3 Å². The molecule has 5 heteroatoms. The van der Waals surface area contributed by atoms with Gasteiger partial charge in [0.1, 0.15) is 5.75 Å². The third-order valence-corrected chi connectivity index (χ3v) is 4.11. The van der Waals surface area contributed by atoms with E-state index < -0.39 is 0 Å². The van der Waals surface area contributed by atoms with Crippen LogP contribution in [0.25, 0.3) is 0 Å². The minimum Gasteiger partial charge on any atom is -0.496 e. The number of amides is 1. The molecule has 1 aromatic carbocycles. The smallest absolute Gasteiger partial charge is 0.253 e. The highest BCUT2D eigenvalue weighted by Gasteiger charge is 2.30. The molecule has 1 fully saturated rings. The molecule has 2 rings (SSSR count). The van der Waals surface area contributed by atoms with E-state index >= 15 is 0 Å². The second-order valence-corrected chi connectivity index (χ2v) is 5.62. The lowest BCUT2D eigenvalue weighted by Crippen LogP contribution is -2.53. The highest BCUT2D eigenvalue weighted by atomic mass is 16.5. The lowest BCUT2D eigenvalue weighted by molar-refractivity contribution is 0.0162. The van der Waals surface area contributed by atoms with Crippen LogP contribution in [-0.2, 0) is 4.74 Å². The van der Waals surface area contributed by atoms with Gasteiger partial charge in [0.2, 0.25) is 0 Å². The van der Waals surface area contributed by atoms with Gasteiger partial charge in [-0.25, -0.2) is 0 Å². The Morgan fingerprint density at radius 2 is 1.90 bits per heavy atom. The van der Waals surface area contributed by atoms with Crippen molar-refractivity contribution in [3.05, 3.63) is 28.8 Å². The molecule has 0 unspecified atom stereocenters. The van der Waals surface area contributed by atoms with Crippen LogP contribution in [0.15, 0.2) is 12.1 Å². The molecule has 0 aromatic heterocycles. The molecule has 21 heavy (non-hydrogen) atoms. The number of methoxy groups -OCH3 is 2. The van der Waals surface area contributed by atoms with Gasteiger partial charge in [0, 0.05) is 31.8 Å². The number of likely N-dealkylation sites (tertiary alicyclic amines) is 1. The SMILES string of the molecule is COc1c(C)cc(C(=O)N2CC[C@@H](N)[C@@H](OC)C2)cc1C. The van der Waals surface area contributed by atoms with E-state index in [-0.39, 0.29) is 18.1 Å². The molecule has 1 saturated heterocycles. The molecule has 1 heterocycles. The fourth-order valence-electron chi connectivity index (χ4n) is 2.95. The summed E-state index contributed by atoms with van der Waals surface area (Å²) < 4.78 is 10.7. The first-order chi connectivity index (χ1) is 9.97. The van der Waals surface area contributed by atoms with Gasteiger partial charge in [-0.05, 0) is 43.5 Å². The van der Waals surface area contributed by atoms with Crippen molar-refractivity contribution >= 4 is 5.91 Å². The van der Waals surface area contributed by atoms with Crippen molar-refractivity contribution in [2.45, 2.75) is 32.4 Å². The number of nitrogens with zero attached hydrogens (tertiary/aromatic N) is 1. The summed E-state index contributed by atoms with van der Waals surface area (Å²) in [6.07, 6.45) is 0.668. The molecule has 1 aliphatic rings. The number of hydrogen-bond donors (Lipinski definition) is 1. The highest BCUT2D eigenvalue weighted by Crippen LogP contribution is 2.25. The number of carbonyl (C=O) groups excluding carboxylic acids is 1. The van der Waals surface area contributed by atoms with E-state index in [0.29, 0.717) is 18.7 Å². The summed E-state index contributed by atoms with van der Waals surface area (Å²) in [5, 5.41) is 0. The number of carbonyl (C=O) groups is 1. The number of nitrogens with two attached hydrogens (primary N) is 1. The lowest BCUT2D eigenvalue weighted by atomic mass is 10.00. The summed E-state index contributed by atoms with van der Waals surface area (Å²) >= 11 is 0. The quantitative estimate of drug-likeness (QED) is 0.917. The Hall–Kier alpha value is -1.59. The summed E-state index contributed by atoms with van der Waals surface area (Å²) in [5.74, 6) is 0.861. The fourth-order valence-corrected chi connectivity index (χ4v) is 2.95. The number of benzene rings is 1. The molecule has 0 saturated carbocycles. The molecule has 0 aliphatic carbocycles. The van der Waals surface area contributed by atoms with Crippen molar-refractivity contribution in [1.82, 2.24) is 4.90 Å². The van der Waals surface area contributed by atoms with Crippen LogP contribution in [0.2, 0.25) is 0 Å². The van der Waals surface area contributed by atoms with Gasteiger partial charge < -0.3 is 20.1 Å². The molecular formula is C16H24N2O3. The van der Waals surface area contributed by atoms with Crippen molar-refractivity contribution in [3.63, 3.8) is 0 Å². The van der Waals surface area contributed by atoms with Crippen LogP contribution in [0.3, 0.4) is 0 Å². The Labute approximate surface area is 126 Å². The van der Waals surface area contributed by atoms with E-state index in [2.05, 4.69) is 0 Å². The predicted octanol–water partition coefficient (Wildman–Crippen LogP) is 1.50. The van der Waals surface area contributed by atoms with Crippen molar-refractivity contribution in [2.24, 2.45) is 5.73 Å². The van der Waals surface area contributed by atoms with Crippen molar-refractivity contribution in [3.8, 4) is 5.75 Å². The van der Waals surface area contributed by atoms with Crippen molar-refractivity contribution in [1.29, 1.82) is 0 Å². The fraction of sp³-hybridized carbons (Fsp3) is 0.562. The van der Waals surface area contributed by atoms with Gasteiger partial charge in [0.05, 0.1) is 13.2 Å². The zero-order valence-corrected chi connectivity index (χ0v) is 13.2. The molecule has 2 atom stereocenters. The van der Waals surface area contributed by atoms with Crippen LogP contribution in [0.5, 0.6) is 5.75 Å². The van der Waals surface area contributed by atoms with Crippen LogP contribution in [0.1, 0.15) is 27.9 Å².